The molecule has 1 aromatic heterocycles. The third-order valence-electron chi connectivity index (χ3n) is 3.98. The van der Waals surface area contributed by atoms with Crippen LogP contribution in [0.25, 0.3) is 0 Å². The van der Waals surface area contributed by atoms with Crippen molar-refractivity contribution in [1.29, 1.82) is 0 Å². The number of aryl methyl sites for hydroxylation is 1. The van der Waals surface area contributed by atoms with Crippen LogP contribution in [0.3, 0.4) is 0 Å². The maximum atomic E-state index is 12.0. The Morgan fingerprint density at radius 1 is 1.59 bits per heavy atom. The van der Waals surface area contributed by atoms with Crippen molar-refractivity contribution >= 4 is 11.8 Å². The van der Waals surface area contributed by atoms with Gasteiger partial charge in [-0.3, -0.25) is 10.1 Å². The molecule has 5 heteroatoms. The quantitative estimate of drug-likeness (QED) is 0.811. The van der Waals surface area contributed by atoms with Gasteiger partial charge >= 0.3 is 0 Å². The normalized spacial score (nSPS) is 25.8. The molecule has 1 saturated heterocycles. The number of amides is 1. The molecular formula is C12H17N3O2. The van der Waals surface area contributed by atoms with Crippen LogP contribution in [0, 0.1) is 18.3 Å². The van der Waals surface area contributed by atoms with Crippen LogP contribution < -0.4 is 10.6 Å². The van der Waals surface area contributed by atoms with Crippen LogP contribution in [0.1, 0.15) is 25.0 Å². The number of carbonyl (C=O) groups excluding carboxylic acids is 1. The van der Waals surface area contributed by atoms with E-state index < -0.39 is 0 Å². The molecule has 1 aromatic rings. The molecule has 1 saturated carbocycles. The number of aromatic nitrogens is 1. The Bertz CT molecular complexity index is 435. The Hall–Kier alpha value is -1.36. The molecule has 2 aliphatic rings. The minimum Gasteiger partial charge on any atom is -0.338 e. The van der Waals surface area contributed by atoms with Crippen LogP contribution >= 0.6 is 0 Å². The van der Waals surface area contributed by atoms with Crippen LogP contribution in [0.4, 0.5) is 5.88 Å². The van der Waals surface area contributed by atoms with E-state index in [2.05, 4.69) is 15.8 Å². The van der Waals surface area contributed by atoms with Crippen LogP contribution in [0.2, 0.25) is 0 Å². The van der Waals surface area contributed by atoms with E-state index >= 15 is 0 Å². The van der Waals surface area contributed by atoms with Crippen molar-refractivity contribution in [2.45, 2.75) is 26.2 Å². The van der Waals surface area contributed by atoms with Crippen LogP contribution in [0.5, 0.6) is 0 Å². The van der Waals surface area contributed by atoms with Crippen LogP contribution in [-0.4, -0.2) is 24.2 Å². The molecule has 1 spiro atoms. The van der Waals surface area contributed by atoms with Crippen molar-refractivity contribution < 1.29 is 9.32 Å². The molecule has 17 heavy (non-hydrogen) atoms. The number of hydrogen-bond acceptors (Lipinski definition) is 4. The molecule has 2 N–H and O–H groups in total. The molecule has 5 nitrogen and oxygen atoms in total. The molecule has 0 bridgehead atoms. The maximum Gasteiger partial charge on any atom is 0.231 e. The van der Waals surface area contributed by atoms with Gasteiger partial charge in [-0.2, -0.15) is 0 Å². The van der Waals surface area contributed by atoms with Gasteiger partial charge in [0.25, 0.3) is 0 Å². The first-order valence-corrected chi connectivity index (χ1v) is 6.15. The minimum absolute atomic E-state index is 0.0862. The van der Waals surface area contributed by atoms with Gasteiger partial charge in [-0.15, -0.1) is 0 Å². The van der Waals surface area contributed by atoms with Crippen LogP contribution in [-0.2, 0) is 4.79 Å². The fourth-order valence-corrected chi connectivity index (χ4v) is 2.83. The van der Waals surface area contributed by atoms with Crippen molar-refractivity contribution in [3.63, 3.8) is 0 Å². The Morgan fingerprint density at radius 3 is 3.00 bits per heavy atom. The third-order valence-corrected chi connectivity index (χ3v) is 3.98. The molecule has 2 fully saturated rings. The predicted octanol–water partition coefficient (Wildman–Crippen LogP) is 1.31. The standard InChI is InChI=1S/C12H17N3O2/c1-8-6-10(17-15-8)14-11(16)9-7-12(9)2-4-13-5-3-12/h6,9,13H,2-5,7H2,1H3,(H,14,16). The zero-order valence-electron chi connectivity index (χ0n) is 9.95. The molecule has 2 heterocycles. The van der Waals surface area contributed by atoms with Crippen molar-refractivity contribution in [1.82, 2.24) is 10.5 Å². The highest BCUT2D eigenvalue weighted by atomic mass is 16.5. The lowest BCUT2D eigenvalue weighted by Crippen LogP contribution is -2.31. The molecule has 1 atom stereocenters. The summed E-state index contributed by atoms with van der Waals surface area (Å²) in [5, 5.41) is 9.89. The highest BCUT2D eigenvalue weighted by Crippen LogP contribution is 2.58. The second-order valence-corrected chi connectivity index (χ2v) is 5.19. The van der Waals surface area contributed by atoms with Gasteiger partial charge in [0, 0.05) is 12.0 Å². The number of piperidine rings is 1. The first-order chi connectivity index (χ1) is 8.20. The van der Waals surface area contributed by atoms with E-state index in [1.165, 1.54) is 0 Å². The number of carbonyl (C=O) groups is 1. The molecule has 1 aliphatic heterocycles. The maximum absolute atomic E-state index is 12.0. The molecule has 1 aliphatic carbocycles. The summed E-state index contributed by atoms with van der Waals surface area (Å²) in [6.45, 7) is 3.90. The fraction of sp³-hybridized carbons (Fsp3) is 0.667. The van der Waals surface area contributed by atoms with Gasteiger partial charge < -0.3 is 9.84 Å². The van der Waals surface area contributed by atoms with Crippen LogP contribution in [0.15, 0.2) is 10.6 Å². The Labute approximate surface area is 99.9 Å². The van der Waals surface area contributed by atoms with Gasteiger partial charge in [0.05, 0.1) is 5.69 Å². The summed E-state index contributed by atoms with van der Waals surface area (Å²) in [5.74, 6) is 0.710. The second-order valence-electron chi connectivity index (χ2n) is 5.19. The molecule has 0 radical (unpaired) electrons. The largest absolute Gasteiger partial charge is 0.338 e. The summed E-state index contributed by atoms with van der Waals surface area (Å²) in [6, 6.07) is 1.75. The summed E-state index contributed by atoms with van der Waals surface area (Å²) in [4.78, 5) is 12.0. The van der Waals surface area contributed by atoms with Gasteiger partial charge in [-0.25, -0.2) is 0 Å². The first-order valence-electron chi connectivity index (χ1n) is 6.15. The SMILES string of the molecule is Cc1cc(NC(=O)C2CC23CCNCC3)on1. The topological polar surface area (TPSA) is 67.2 Å². The molecular weight excluding hydrogens is 218 g/mol. The average molecular weight is 235 g/mol. The van der Waals surface area contributed by atoms with E-state index in [4.69, 9.17) is 4.52 Å². The minimum atomic E-state index is 0.0862. The second kappa shape index (κ2) is 3.84. The van der Waals surface area contributed by atoms with Gasteiger partial charge in [-0.05, 0) is 44.7 Å². The Morgan fingerprint density at radius 2 is 2.35 bits per heavy atom. The highest BCUT2D eigenvalue weighted by molar-refractivity contribution is 5.94. The first kappa shape index (κ1) is 10.8. The third kappa shape index (κ3) is 1.95. The van der Waals surface area contributed by atoms with Crippen molar-refractivity contribution in [3.05, 3.63) is 11.8 Å². The average Bonchev–Trinajstić information content (AvgIpc) is 2.85. The summed E-state index contributed by atoms with van der Waals surface area (Å²) in [5.41, 5.74) is 1.05. The lowest BCUT2D eigenvalue weighted by Gasteiger charge is -2.22. The summed E-state index contributed by atoms with van der Waals surface area (Å²) >= 11 is 0. The van der Waals surface area contributed by atoms with E-state index in [0.717, 1.165) is 38.0 Å². The van der Waals surface area contributed by atoms with Gasteiger partial charge in [0.2, 0.25) is 11.8 Å². The Balaban J connectivity index is 1.61. The molecule has 0 aromatic carbocycles. The summed E-state index contributed by atoms with van der Waals surface area (Å²) < 4.78 is 4.99. The van der Waals surface area contributed by atoms with E-state index in [1.54, 1.807) is 6.07 Å². The van der Waals surface area contributed by atoms with Crippen molar-refractivity contribution in [3.8, 4) is 0 Å². The number of rotatable bonds is 2. The van der Waals surface area contributed by atoms with E-state index in [9.17, 15) is 4.79 Å². The van der Waals surface area contributed by atoms with Gasteiger partial charge in [0.15, 0.2) is 0 Å². The monoisotopic (exact) mass is 235 g/mol. The Kier molecular flexibility index (Phi) is 2.43. The fourth-order valence-electron chi connectivity index (χ4n) is 2.83. The number of hydrogen-bond donors (Lipinski definition) is 2. The summed E-state index contributed by atoms with van der Waals surface area (Å²) in [7, 11) is 0. The highest BCUT2D eigenvalue weighted by Gasteiger charge is 2.57. The van der Waals surface area contributed by atoms with E-state index in [-0.39, 0.29) is 17.2 Å². The van der Waals surface area contributed by atoms with E-state index in [1.807, 2.05) is 6.92 Å². The summed E-state index contributed by atoms with van der Waals surface area (Å²) in [6.07, 6.45) is 3.24. The number of nitrogens with one attached hydrogen (secondary N) is 2. The smallest absolute Gasteiger partial charge is 0.231 e. The van der Waals surface area contributed by atoms with Crippen molar-refractivity contribution in [2.24, 2.45) is 11.3 Å². The van der Waals surface area contributed by atoms with E-state index in [0.29, 0.717) is 5.88 Å². The molecule has 1 amide bonds. The molecule has 1 unspecified atom stereocenters. The number of anilines is 1. The predicted molar refractivity (Wildman–Crippen MR) is 62.5 cm³/mol. The lowest BCUT2D eigenvalue weighted by molar-refractivity contribution is -0.118. The van der Waals surface area contributed by atoms with Crippen molar-refractivity contribution in [2.75, 3.05) is 18.4 Å². The molecule has 3 rings (SSSR count). The lowest BCUT2D eigenvalue weighted by atomic mass is 9.92. The zero-order chi connectivity index (χ0) is 11.9. The number of nitrogens with zero attached hydrogens (tertiary/aromatic N) is 1. The zero-order valence-corrected chi connectivity index (χ0v) is 9.95. The van der Waals surface area contributed by atoms with Gasteiger partial charge in [0.1, 0.15) is 0 Å². The van der Waals surface area contributed by atoms with Gasteiger partial charge in [-0.1, -0.05) is 5.16 Å². The molecule has 92 valence electrons.